The summed E-state index contributed by atoms with van der Waals surface area (Å²) in [7, 11) is 0. The van der Waals surface area contributed by atoms with Crippen molar-refractivity contribution in [1.29, 1.82) is 0 Å². The van der Waals surface area contributed by atoms with Gasteiger partial charge in [-0.05, 0) is 36.2 Å². The lowest BCUT2D eigenvalue weighted by Crippen LogP contribution is -2.39. The monoisotopic (exact) mass is 300 g/mol. The van der Waals surface area contributed by atoms with Crippen molar-refractivity contribution in [1.82, 2.24) is 5.32 Å². The second kappa shape index (κ2) is 5.78. The SMILES string of the molecule is CC(NC(=O)[C@@H]1Cc2ccccc2N1)c1ccc(Cl)cc1. The van der Waals surface area contributed by atoms with Crippen LogP contribution in [-0.4, -0.2) is 11.9 Å². The Bertz CT molecular complexity index is 629. The molecule has 0 saturated carbocycles. The average molecular weight is 301 g/mol. The van der Waals surface area contributed by atoms with Gasteiger partial charge in [0.15, 0.2) is 0 Å². The lowest BCUT2D eigenvalue weighted by atomic mass is 10.1. The van der Waals surface area contributed by atoms with Gasteiger partial charge in [-0.3, -0.25) is 4.79 Å². The minimum atomic E-state index is -0.197. The number of fused-ring (bicyclic) bond motifs is 1. The fourth-order valence-corrected chi connectivity index (χ4v) is 2.73. The van der Waals surface area contributed by atoms with Crippen LogP contribution in [0.1, 0.15) is 24.1 Å². The van der Waals surface area contributed by atoms with Crippen LogP contribution < -0.4 is 10.6 Å². The largest absolute Gasteiger partial charge is 0.373 e. The minimum Gasteiger partial charge on any atom is -0.373 e. The normalized spacial score (nSPS) is 17.7. The van der Waals surface area contributed by atoms with Crippen molar-refractivity contribution in [2.75, 3.05) is 5.32 Å². The number of halogens is 1. The molecule has 4 heteroatoms. The first-order chi connectivity index (χ1) is 10.1. The fourth-order valence-electron chi connectivity index (χ4n) is 2.60. The van der Waals surface area contributed by atoms with Crippen LogP contribution in [0.3, 0.4) is 0 Å². The van der Waals surface area contributed by atoms with Crippen molar-refractivity contribution in [2.45, 2.75) is 25.4 Å². The van der Waals surface area contributed by atoms with Gasteiger partial charge in [0.2, 0.25) is 5.91 Å². The molecule has 1 unspecified atom stereocenters. The number of rotatable bonds is 3. The number of hydrogen-bond acceptors (Lipinski definition) is 2. The van der Waals surface area contributed by atoms with E-state index in [0.717, 1.165) is 17.7 Å². The highest BCUT2D eigenvalue weighted by atomic mass is 35.5. The Hall–Kier alpha value is -2.00. The number of hydrogen-bond donors (Lipinski definition) is 2. The maximum Gasteiger partial charge on any atom is 0.243 e. The molecule has 108 valence electrons. The molecule has 1 aliphatic rings. The molecule has 0 fully saturated rings. The van der Waals surface area contributed by atoms with Crippen molar-refractivity contribution >= 4 is 23.2 Å². The van der Waals surface area contributed by atoms with Gasteiger partial charge in [-0.25, -0.2) is 0 Å². The molecule has 1 amide bonds. The van der Waals surface area contributed by atoms with E-state index in [4.69, 9.17) is 11.6 Å². The van der Waals surface area contributed by atoms with E-state index in [1.165, 1.54) is 5.56 Å². The molecule has 2 atom stereocenters. The molecule has 2 aromatic carbocycles. The van der Waals surface area contributed by atoms with Gasteiger partial charge in [-0.1, -0.05) is 41.9 Å². The second-order valence-corrected chi connectivity index (χ2v) is 5.78. The lowest BCUT2D eigenvalue weighted by Gasteiger charge is -2.18. The van der Waals surface area contributed by atoms with Crippen molar-refractivity contribution < 1.29 is 4.79 Å². The Kier molecular flexibility index (Phi) is 3.84. The first-order valence-electron chi connectivity index (χ1n) is 7.04. The first kappa shape index (κ1) is 14.0. The lowest BCUT2D eigenvalue weighted by molar-refractivity contribution is -0.122. The summed E-state index contributed by atoms with van der Waals surface area (Å²) in [5.41, 5.74) is 3.29. The summed E-state index contributed by atoms with van der Waals surface area (Å²) in [6.07, 6.45) is 0.731. The van der Waals surface area contributed by atoms with Crippen LogP contribution in [0.25, 0.3) is 0 Å². The summed E-state index contributed by atoms with van der Waals surface area (Å²) in [5, 5.41) is 7.01. The fraction of sp³-hybridized carbons (Fsp3) is 0.235. The maximum atomic E-state index is 12.4. The zero-order chi connectivity index (χ0) is 14.8. The molecule has 0 aromatic heterocycles. The molecule has 21 heavy (non-hydrogen) atoms. The van der Waals surface area contributed by atoms with E-state index in [0.29, 0.717) is 5.02 Å². The highest BCUT2D eigenvalue weighted by Crippen LogP contribution is 2.25. The molecule has 2 aromatic rings. The van der Waals surface area contributed by atoms with E-state index >= 15 is 0 Å². The van der Waals surface area contributed by atoms with Gasteiger partial charge >= 0.3 is 0 Å². The molecule has 3 nitrogen and oxygen atoms in total. The third kappa shape index (κ3) is 3.03. The van der Waals surface area contributed by atoms with Crippen molar-refractivity contribution in [3.05, 3.63) is 64.7 Å². The molecule has 0 bridgehead atoms. The zero-order valence-corrected chi connectivity index (χ0v) is 12.5. The number of carbonyl (C=O) groups is 1. The highest BCUT2D eigenvalue weighted by molar-refractivity contribution is 6.30. The van der Waals surface area contributed by atoms with Gasteiger partial charge in [-0.2, -0.15) is 0 Å². The standard InChI is InChI=1S/C17H17ClN2O/c1-11(12-6-8-14(18)9-7-12)19-17(21)16-10-13-4-2-3-5-15(13)20-16/h2-9,11,16,20H,10H2,1H3,(H,19,21)/t11?,16-/m0/s1. The minimum absolute atomic E-state index is 0.0219. The molecule has 3 rings (SSSR count). The number of para-hydroxylation sites is 1. The van der Waals surface area contributed by atoms with Gasteiger partial charge in [0.1, 0.15) is 6.04 Å². The Morgan fingerprint density at radius 3 is 2.67 bits per heavy atom. The van der Waals surface area contributed by atoms with Crippen LogP contribution in [0.4, 0.5) is 5.69 Å². The summed E-state index contributed by atoms with van der Waals surface area (Å²) in [6, 6.07) is 15.3. The van der Waals surface area contributed by atoms with Crippen LogP contribution in [0.15, 0.2) is 48.5 Å². The third-order valence-corrected chi connectivity index (χ3v) is 4.07. The Morgan fingerprint density at radius 1 is 1.24 bits per heavy atom. The second-order valence-electron chi connectivity index (χ2n) is 5.34. The van der Waals surface area contributed by atoms with Crippen LogP contribution >= 0.6 is 11.6 Å². The number of carbonyl (C=O) groups excluding carboxylic acids is 1. The van der Waals surface area contributed by atoms with Crippen molar-refractivity contribution in [2.24, 2.45) is 0 Å². The number of nitrogens with one attached hydrogen (secondary N) is 2. The molecule has 0 radical (unpaired) electrons. The third-order valence-electron chi connectivity index (χ3n) is 3.82. The maximum absolute atomic E-state index is 12.4. The number of amides is 1. The van der Waals surface area contributed by atoms with Gasteiger partial charge in [-0.15, -0.1) is 0 Å². The van der Waals surface area contributed by atoms with Gasteiger partial charge in [0, 0.05) is 17.1 Å². The Morgan fingerprint density at radius 2 is 1.95 bits per heavy atom. The molecule has 1 aliphatic heterocycles. The Labute approximate surface area is 129 Å². The van der Waals surface area contributed by atoms with Crippen LogP contribution in [0.5, 0.6) is 0 Å². The first-order valence-corrected chi connectivity index (χ1v) is 7.41. The molecule has 0 spiro atoms. The molecular formula is C17H17ClN2O. The van der Waals surface area contributed by atoms with Crippen molar-refractivity contribution in [3.63, 3.8) is 0 Å². The molecule has 0 aliphatic carbocycles. The topological polar surface area (TPSA) is 41.1 Å². The van der Waals surface area contributed by atoms with Crippen LogP contribution in [-0.2, 0) is 11.2 Å². The highest BCUT2D eigenvalue weighted by Gasteiger charge is 2.27. The van der Waals surface area contributed by atoms with E-state index in [9.17, 15) is 4.79 Å². The van der Waals surface area contributed by atoms with E-state index in [2.05, 4.69) is 16.7 Å². The van der Waals surface area contributed by atoms with E-state index in [1.54, 1.807) is 0 Å². The number of benzene rings is 2. The van der Waals surface area contributed by atoms with Gasteiger partial charge in [0.05, 0.1) is 6.04 Å². The molecule has 1 heterocycles. The predicted octanol–water partition coefficient (Wildman–Crippen LogP) is 3.55. The van der Waals surface area contributed by atoms with E-state index in [1.807, 2.05) is 49.4 Å². The van der Waals surface area contributed by atoms with Crippen LogP contribution in [0, 0.1) is 0 Å². The molecule has 2 N–H and O–H groups in total. The van der Waals surface area contributed by atoms with E-state index < -0.39 is 0 Å². The van der Waals surface area contributed by atoms with Crippen molar-refractivity contribution in [3.8, 4) is 0 Å². The number of anilines is 1. The molecule has 0 saturated heterocycles. The Balaban J connectivity index is 1.64. The van der Waals surface area contributed by atoms with Gasteiger partial charge in [0.25, 0.3) is 0 Å². The average Bonchev–Trinajstić information content (AvgIpc) is 2.92. The summed E-state index contributed by atoms with van der Waals surface area (Å²) < 4.78 is 0. The zero-order valence-electron chi connectivity index (χ0n) is 11.8. The van der Waals surface area contributed by atoms with Gasteiger partial charge < -0.3 is 10.6 Å². The summed E-state index contributed by atoms with van der Waals surface area (Å²) in [5.74, 6) is 0.0219. The quantitative estimate of drug-likeness (QED) is 0.910. The summed E-state index contributed by atoms with van der Waals surface area (Å²) in [6.45, 7) is 1.98. The summed E-state index contributed by atoms with van der Waals surface area (Å²) >= 11 is 5.88. The molecular weight excluding hydrogens is 284 g/mol. The summed E-state index contributed by atoms with van der Waals surface area (Å²) in [4.78, 5) is 12.4. The van der Waals surface area contributed by atoms with Crippen LogP contribution in [0.2, 0.25) is 5.02 Å². The van der Waals surface area contributed by atoms with E-state index in [-0.39, 0.29) is 18.0 Å². The predicted molar refractivity (Wildman–Crippen MR) is 85.6 cm³/mol. The smallest absolute Gasteiger partial charge is 0.243 e.